The summed E-state index contributed by atoms with van der Waals surface area (Å²) in [6.45, 7) is 14.5. The Morgan fingerprint density at radius 1 is 0.561 bits per heavy atom. The minimum Gasteiger partial charge on any atom is -0.285 e. The Labute approximate surface area is 258 Å². The van der Waals surface area contributed by atoms with Gasteiger partial charge < -0.3 is 0 Å². The lowest BCUT2D eigenvalue weighted by atomic mass is 10.1. The smallest absolute Gasteiger partial charge is 0.0867 e. The van der Waals surface area contributed by atoms with Gasteiger partial charge in [-0.15, -0.1) is 0 Å². The summed E-state index contributed by atoms with van der Waals surface area (Å²) >= 11 is 0. The maximum Gasteiger partial charge on any atom is 0.0867 e. The number of hydrogen-bond donors (Lipinski definition) is 1. The van der Waals surface area contributed by atoms with Crippen molar-refractivity contribution in [1.29, 1.82) is 0 Å². The van der Waals surface area contributed by atoms with Gasteiger partial charge in [0.1, 0.15) is 0 Å². The maximum atomic E-state index is 4.37. The van der Waals surface area contributed by atoms with Crippen LogP contribution in [0.2, 0.25) is 36.3 Å². The molecule has 0 amide bonds. The topological polar surface area (TPSA) is 12.0 Å². The molecule has 41 heavy (non-hydrogen) atoms. The van der Waals surface area contributed by atoms with Crippen molar-refractivity contribution in [2.24, 2.45) is 0 Å². The van der Waals surface area contributed by atoms with Gasteiger partial charge in [-0.1, -0.05) is 201 Å². The van der Waals surface area contributed by atoms with Crippen LogP contribution in [0.15, 0.2) is 48.5 Å². The van der Waals surface area contributed by atoms with E-state index in [4.69, 9.17) is 0 Å². The van der Waals surface area contributed by atoms with Crippen LogP contribution in [0.25, 0.3) is 0 Å². The molecule has 2 aromatic carbocycles. The quantitative estimate of drug-likeness (QED) is 0.101. The molecule has 0 spiro atoms. The van der Waals surface area contributed by atoms with E-state index in [9.17, 15) is 0 Å². The predicted octanol–water partition coefficient (Wildman–Crippen LogP) is 10.1. The van der Waals surface area contributed by atoms with Crippen LogP contribution >= 0.6 is 8.07 Å². The third kappa shape index (κ3) is 9.37. The zero-order valence-electron chi connectivity index (χ0n) is 27.9. The number of nitrogens with one attached hydrogen (secondary N) is 1. The predicted molar refractivity (Wildman–Crippen MR) is 195 cm³/mol. The summed E-state index contributed by atoms with van der Waals surface area (Å²) in [5.74, 6) is 0. The van der Waals surface area contributed by atoms with Crippen LogP contribution in [0.4, 0.5) is 0 Å². The third-order valence-corrected chi connectivity index (χ3v) is 24.0. The van der Waals surface area contributed by atoms with E-state index in [0.29, 0.717) is 6.04 Å². The molecule has 2 aromatic rings. The van der Waals surface area contributed by atoms with Crippen molar-refractivity contribution in [2.45, 2.75) is 161 Å². The first-order valence-electron chi connectivity index (χ1n) is 17.8. The summed E-state index contributed by atoms with van der Waals surface area (Å²) < 4.78 is 0. The first kappa shape index (κ1) is 34.8. The summed E-state index contributed by atoms with van der Waals surface area (Å²) in [4.78, 5) is 0. The van der Waals surface area contributed by atoms with Crippen LogP contribution in [0, 0.1) is 0 Å². The van der Waals surface area contributed by atoms with Crippen molar-refractivity contribution in [3.63, 3.8) is 0 Å². The average Bonchev–Trinajstić information content (AvgIpc) is 3.25. The van der Waals surface area contributed by atoms with Crippen molar-refractivity contribution in [1.82, 2.24) is 5.09 Å². The summed E-state index contributed by atoms with van der Waals surface area (Å²) in [6, 6.07) is 29.7. The Hall–Kier alpha value is -0.736. The Morgan fingerprint density at radius 2 is 0.927 bits per heavy atom. The highest BCUT2D eigenvalue weighted by atomic mass is 31.1. The Kier molecular flexibility index (Phi) is 15.4. The molecule has 230 valence electrons. The van der Waals surface area contributed by atoms with E-state index < -0.39 is 24.2 Å². The molecule has 0 bridgehead atoms. The second-order valence-electron chi connectivity index (χ2n) is 13.3. The molecule has 1 nitrogen and oxygen atoms in total. The molecule has 4 heteroatoms. The van der Waals surface area contributed by atoms with E-state index in [-0.39, 0.29) is 0 Å². The molecule has 1 saturated carbocycles. The largest absolute Gasteiger partial charge is 0.285 e. The van der Waals surface area contributed by atoms with Gasteiger partial charge in [-0.2, -0.15) is 0 Å². The number of benzene rings is 2. The molecule has 0 aliphatic heterocycles. The Balaban J connectivity index is 2.12. The van der Waals surface area contributed by atoms with Gasteiger partial charge in [0.15, 0.2) is 0 Å². The minimum absolute atomic E-state index is 0.573. The van der Waals surface area contributed by atoms with Crippen molar-refractivity contribution >= 4 is 45.2 Å². The molecule has 0 unspecified atom stereocenters. The molecule has 1 aliphatic carbocycles. The van der Waals surface area contributed by atoms with Crippen LogP contribution in [0.5, 0.6) is 0 Å². The molecule has 1 fully saturated rings. The molecular weight excluding hydrogens is 546 g/mol. The number of hydrogen-bond acceptors (Lipinski definition) is 1. The summed E-state index contributed by atoms with van der Waals surface area (Å²) in [6.07, 6.45) is 16.3. The van der Waals surface area contributed by atoms with E-state index in [0.717, 1.165) is 0 Å². The lowest BCUT2D eigenvalue weighted by molar-refractivity contribution is 0.548. The first-order chi connectivity index (χ1) is 20.0. The van der Waals surface area contributed by atoms with Gasteiger partial charge in [0, 0.05) is 14.1 Å². The van der Waals surface area contributed by atoms with Crippen LogP contribution < -0.4 is 26.1 Å². The fourth-order valence-electron chi connectivity index (χ4n) is 8.33. The lowest BCUT2D eigenvalue weighted by Gasteiger charge is -2.34. The fourth-order valence-corrected chi connectivity index (χ4v) is 21.6. The average molecular weight is 610 g/mol. The minimum atomic E-state index is -1.49. The SMILES string of the molecule is CCC[Si](CCC)(CCC)c1cccc(P(NC2CCCCCC2)c2cccc([Si](CCC)(CCC)CCC)c2)c1. The van der Waals surface area contributed by atoms with Gasteiger partial charge >= 0.3 is 0 Å². The van der Waals surface area contributed by atoms with E-state index in [1.807, 2.05) is 0 Å². The molecule has 1 aliphatic rings. The molecule has 0 aromatic heterocycles. The summed E-state index contributed by atoms with van der Waals surface area (Å²) in [5, 5.41) is 11.1. The van der Waals surface area contributed by atoms with Gasteiger partial charge in [0.05, 0.1) is 16.1 Å². The van der Waals surface area contributed by atoms with Crippen LogP contribution in [-0.2, 0) is 0 Å². The lowest BCUT2D eigenvalue weighted by Crippen LogP contribution is -2.49. The summed E-state index contributed by atoms with van der Waals surface area (Å²) in [7, 11) is -3.56. The monoisotopic (exact) mass is 609 g/mol. The highest BCUT2D eigenvalue weighted by Crippen LogP contribution is 2.34. The van der Waals surface area contributed by atoms with Crippen LogP contribution in [-0.4, -0.2) is 22.2 Å². The van der Waals surface area contributed by atoms with Crippen molar-refractivity contribution in [2.75, 3.05) is 0 Å². The first-order valence-corrected chi connectivity index (χ1v) is 24.4. The van der Waals surface area contributed by atoms with Gasteiger partial charge in [-0.25, -0.2) is 0 Å². The Bertz CT molecular complexity index is 896. The molecule has 0 saturated heterocycles. The van der Waals surface area contributed by atoms with Crippen LogP contribution in [0.3, 0.4) is 0 Å². The van der Waals surface area contributed by atoms with Gasteiger partial charge in [-0.3, -0.25) is 5.09 Å². The zero-order valence-corrected chi connectivity index (χ0v) is 30.8. The second kappa shape index (κ2) is 18.2. The van der Waals surface area contributed by atoms with Gasteiger partial charge in [0.2, 0.25) is 0 Å². The van der Waals surface area contributed by atoms with Crippen LogP contribution in [0.1, 0.15) is 119 Å². The van der Waals surface area contributed by atoms with E-state index in [2.05, 4.69) is 95.2 Å². The summed E-state index contributed by atoms with van der Waals surface area (Å²) in [5.41, 5.74) is 0. The van der Waals surface area contributed by atoms with E-state index in [1.165, 1.54) is 113 Å². The molecule has 0 radical (unpaired) electrons. The molecular formula is C37H64NPSi2. The maximum absolute atomic E-state index is 4.37. The molecule has 0 heterocycles. The molecule has 1 N–H and O–H groups in total. The van der Waals surface area contributed by atoms with Gasteiger partial charge in [-0.05, 0) is 23.5 Å². The second-order valence-corrected chi connectivity index (χ2v) is 24.6. The highest BCUT2D eigenvalue weighted by molar-refractivity contribution is 7.71. The highest BCUT2D eigenvalue weighted by Gasteiger charge is 2.35. The fraction of sp³-hybridized carbons (Fsp3) is 0.676. The zero-order chi connectivity index (χ0) is 29.6. The van der Waals surface area contributed by atoms with E-state index >= 15 is 0 Å². The normalized spacial score (nSPS) is 15.4. The van der Waals surface area contributed by atoms with Crippen molar-refractivity contribution in [3.8, 4) is 0 Å². The molecule has 0 atom stereocenters. The molecule has 3 rings (SSSR count). The van der Waals surface area contributed by atoms with Crippen molar-refractivity contribution in [3.05, 3.63) is 48.5 Å². The van der Waals surface area contributed by atoms with Gasteiger partial charge in [0.25, 0.3) is 0 Å². The Morgan fingerprint density at radius 3 is 1.27 bits per heavy atom. The van der Waals surface area contributed by atoms with Crippen molar-refractivity contribution < 1.29 is 0 Å². The third-order valence-electron chi connectivity index (χ3n) is 9.97. The standard InChI is InChI=1S/C37H64NPSi2/c1-7-25-40(26-8-2,27-9-3)36-23-17-21-34(31-36)39(38-33-19-15-13-14-16-20-33)35-22-18-24-37(32-35)41(28-10-4,29-11-5)30-12-6/h17-18,21-24,31-33,38H,7-16,19-20,25-30H2,1-6H3. The number of rotatable bonds is 18. The van der Waals surface area contributed by atoms with E-state index in [1.54, 1.807) is 21.0 Å².